The summed E-state index contributed by atoms with van der Waals surface area (Å²) in [5.41, 5.74) is 0. The molecule has 0 aromatic heterocycles. The number of hydrogen-bond acceptors (Lipinski definition) is 8. The summed E-state index contributed by atoms with van der Waals surface area (Å²) in [4.78, 5) is 0. The van der Waals surface area contributed by atoms with E-state index in [4.69, 9.17) is 37.9 Å². The van der Waals surface area contributed by atoms with Crippen molar-refractivity contribution in [2.24, 2.45) is 0 Å². The average molecular weight is 350 g/mol. The third kappa shape index (κ3) is 9.24. The Labute approximate surface area is 143 Å². The second kappa shape index (κ2) is 13.9. The molecule has 0 aliphatic carbocycles. The van der Waals surface area contributed by atoms with Crippen LogP contribution >= 0.6 is 0 Å². The van der Waals surface area contributed by atoms with Gasteiger partial charge >= 0.3 is 0 Å². The zero-order valence-corrected chi connectivity index (χ0v) is 14.3. The molecule has 2 fully saturated rings. The van der Waals surface area contributed by atoms with Gasteiger partial charge in [0.15, 0.2) is 0 Å². The molecule has 2 atom stereocenters. The van der Waals surface area contributed by atoms with Gasteiger partial charge in [-0.1, -0.05) is 0 Å². The highest BCUT2D eigenvalue weighted by atomic mass is 16.6. The van der Waals surface area contributed by atoms with Crippen LogP contribution in [0.1, 0.15) is 0 Å². The Morgan fingerprint density at radius 1 is 0.333 bits per heavy atom. The first-order valence-electron chi connectivity index (χ1n) is 8.66. The lowest BCUT2D eigenvalue weighted by atomic mass is 10.2. The van der Waals surface area contributed by atoms with Crippen molar-refractivity contribution < 1.29 is 37.9 Å². The summed E-state index contributed by atoms with van der Waals surface area (Å²) in [5.74, 6) is 0. The number of ether oxygens (including phenoxy) is 8. The summed E-state index contributed by atoms with van der Waals surface area (Å²) >= 11 is 0. The van der Waals surface area contributed by atoms with Crippen molar-refractivity contribution in [1.29, 1.82) is 0 Å². The Kier molecular flexibility index (Phi) is 11.6. The Morgan fingerprint density at radius 2 is 0.625 bits per heavy atom. The smallest absolute Gasteiger partial charge is 0.109 e. The van der Waals surface area contributed by atoms with E-state index in [0.29, 0.717) is 92.5 Å². The SMILES string of the molecule is C1COCCOCC2OCCOCCOCCOC2COCCO1. The fraction of sp³-hybridized carbons (Fsp3) is 1.00. The molecule has 0 saturated carbocycles. The maximum atomic E-state index is 5.91. The highest BCUT2D eigenvalue weighted by molar-refractivity contribution is 4.71. The van der Waals surface area contributed by atoms with Crippen LogP contribution in [0.4, 0.5) is 0 Å². The van der Waals surface area contributed by atoms with Crippen LogP contribution in [-0.4, -0.2) is 105 Å². The first-order valence-corrected chi connectivity index (χ1v) is 8.66. The molecule has 2 saturated heterocycles. The van der Waals surface area contributed by atoms with Crippen molar-refractivity contribution in [3.8, 4) is 0 Å². The third-order valence-electron chi connectivity index (χ3n) is 3.59. The van der Waals surface area contributed by atoms with Crippen molar-refractivity contribution in [2.75, 3.05) is 92.5 Å². The first kappa shape index (κ1) is 20.0. The van der Waals surface area contributed by atoms with E-state index in [1.165, 1.54) is 0 Å². The van der Waals surface area contributed by atoms with Gasteiger partial charge in [-0.15, -0.1) is 0 Å². The van der Waals surface area contributed by atoms with Crippen molar-refractivity contribution in [3.05, 3.63) is 0 Å². The molecule has 8 nitrogen and oxygen atoms in total. The summed E-state index contributed by atoms with van der Waals surface area (Å²) in [6.45, 7) is 7.19. The maximum Gasteiger partial charge on any atom is 0.109 e. The molecule has 142 valence electrons. The molecule has 2 heterocycles. The Bertz CT molecular complexity index is 263. The maximum absolute atomic E-state index is 5.91. The summed E-state index contributed by atoms with van der Waals surface area (Å²) in [6.07, 6.45) is -0.450. The molecule has 0 amide bonds. The summed E-state index contributed by atoms with van der Waals surface area (Å²) < 4.78 is 44.9. The highest BCUT2D eigenvalue weighted by Crippen LogP contribution is 2.08. The highest BCUT2D eigenvalue weighted by Gasteiger charge is 2.24. The fourth-order valence-corrected chi connectivity index (χ4v) is 2.32. The van der Waals surface area contributed by atoms with Crippen LogP contribution < -0.4 is 0 Å². The van der Waals surface area contributed by atoms with Gasteiger partial charge in [-0.25, -0.2) is 0 Å². The Hall–Kier alpha value is -0.320. The van der Waals surface area contributed by atoms with Crippen LogP contribution in [0.3, 0.4) is 0 Å². The van der Waals surface area contributed by atoms with Gasteiger partial charge in [-0.05, 0) is 0 Å². The van der Waals surface area contributed by atoms with E-state index in [1.807, 2.05) is 0 Å². The molecule has 0 aromatic carbocycles. The molecular formula is C16H30O8. The van der Waals surface area contributed by atoms with E-state index < -0.39 is 0 Å². The average Bonchev–Trinajstić information content (AvgIpc) is 2.58. The van der Waals surface area contributed by atoms with Gasteiger partial charge in [-0.3, -0.25) is 0 Å². The molecule has 8 heteroatoms. The minimum atomic E-state index is -0.225. The molecule has 2 aliphatic rings. The standard InChI is InChI=1S/C16H30O8/c1-2-18-6-8-22-14-16-15(13-21-7-5-17-1)23-11-9-19-3-4-20-10-12-24-16/h15-16H,1-14H2. The Balaban J connectivity index is 1.86. The molecule has 0 bridgehead atoms. The lowest BCUT2D eigenvalue weighted by molar-refractivity contribution is -0.149. The van der Waals surface area contributed by atoms with Crippen molar-refractivity contribution >= 4 is 0 Å². The summed E-state index contributed by atoms with van der Waals surface area (Å²) in [6, 6.07) is 0. The quantitative estimate of drug-likeness (QED) is 0.599. The zero-order chi connectivity index (χ0) is 16.7. The fourth-order valence-electron chi connectivity index (χ4n) is 2.32. The van der Waals surface area contributed by atoms with Gasteiger partial charge in [-0.2, -0.15) is 0 Å². The van der Waals surface area contributed by atoms with Gasteiger partial charge in [0.05, 0.1) is 92.5 Å². The van der Waals surface area contributed by atoms with Crippen LogP contribution in [0.2, 0.25) is 0 Å². The van der Waals surface area contributed by atoms with E-state index in [9.17, 15) is 0 Å². The second-order valence-corrected chi connectivity index (χ2v) is 5.42. The normalized spacial score (nSPS) is 31.0. The van der Waals surface area contributed by atoms with Crippen molar-refractivity contribution in [2.45, 2.75) is 12.2 Å². The van der Waals surface area contributed by atoms with Crippen LogP contribution in [-0.2, 0) is 37.9 Å². The number of rotatable bonds is 0. The van der Waals surface area contributed by atoms with E-state index in [-0.39, 0.29) is 12.2 Å². The van der Waals surface area contributed by atoms with Crippen LogP contribution in [0.25, 0.3) is 0 Å². The molecule has 0 aromatic rings. The molecule has 2 aliphatic heterocycles. The predicted octanol–water partition coefficient (Wildman–Crippen LogP) is -0.116. The van der Waals surface area contributed by atoms with Crippen LogP contribution in [0, 0.1) is 0 Å². The molecule has 2 unspecified atom stereocenters. The van der Waals surface area contributed by atoms with Gasteiger partial charge in [0.25, 0.3) is 0 Å². The topological polar surface area (TPSA) is 73.8 Å². The minimum Gasteiger partial charge on any atom is -0.377 e. The van der Waals surface area contributed by atoms with E-state index in [1.54, 1.807) is 0 Å². The van der Waals surface area contributed by atoms with Gasteiger partial charge in [0.1, 0.15) is 12.2 Å². The number of hydrogen-bond donors (Lipinski definition) is 0. The number of fused-ring (bicyclic) bond motifs is 1. The third-order valence-corrected chi connectivity index (χ3v) is 3.59. The monoisotopic (exact) mass is 350 g/mol. The second-order valence-electron chi connectivity index (χ2n) is 5.42. The zero-order valence-electron chi connectivity index (χ0n) is 14.3. The molecule has 0 spiro atoms. The molecule has 2 rings (SSSR count). The van der Waals surface area contributed by atoms with Gasteiger partial charge < -0.3 is 37.9 Å². The van der Waals surface area contributed by atoms with E-state index in [0.717, 1.165) is 0 Å². The van der Waals surface area contributed by atoms with Crippen LogP contribution in [0.15, 0.2) is 0 Å². The van der Waals surface area contributed by atoms with Gasteiger partial charge in [0.2, 0.25) is 0 Å². The predicted molar refractivity (Wildman–Crippen MR) is 84.4 cm³/mol. The summed E-state index contributed by atoms with van der Waals surface area (Å²) in [5, 5.41) is 0. The van der Waals surface area contributed by atoms with Crippen molar-refractivity contribution in [3.63, 3.8) is 0 Å². The Morgan fingerprint density at radius 3 is 1.00 bits per heavy atom. The minimum absolute atomic E-state index is 0.225. The molecule has 0 radical (unpaired) electrons. The lowest BCUT2D eigenvalue weighted by Gasteiger charge is -2.28. The van der Waals surface area contributed by atoms with E-state index in [2.05, 4.69) is 0 Å². The van der Waals surface area contributed by atoms with Gasteiger partial charge in [0, 0.05) is 0 Å². The molecular weight excluding hydrogens is 320 g/mol. The lowest BCUT2D eigenvalue weighted by Crippen LogP contribution is -2.41. The molecule has 24 heavy (non-hydrogen) atoms. The summed E-state index contributed by atoms with van der Waals surface area (Å²) in [7, 11) is 0. The molecule has 0 N–H and O–H groups in total. The van der Waals surface area contributed by atoms with Crippen molar-refractivity contribution in [1.82, 2.24) is 0 Å². The van der Waals surface area contributed by atoms with Crippen LogP contribution in [0.5, 0.6) is 0 Å². The van der Waals surface area contributed by atoms with E-state index >= 15 is 0 Å². The largest absolute Gasteiger partial charge is 0.377 e. The first-order chi connectivity index (χ1) is 12.0.